The number of carboxylic acids is 1. The number of aromatic nitrogens is 1. The van der Waals surface area contributed by atoms with E-state index in [4.69, 9.17) is 5.11 Å². The largest absolute Gasteiger partial charge is 0.476 e. The Morgan fingerprint density at radius 1 is 1.38 bits per heavy atom. The first-order valence-electron chi connectivity index (χ1n) is 10.6. The molecule has 0 aliphatic heterocycles. The van der Waals surface area contributed by atoms with Crippen molar-refractivity contribution in [1.82, 2.24) is 4.98 Å². The number of nitrogens with zero attached hydrogens (tertiary/aromatic N) is 1. The van der Waals surface area contributed by atoms with E-state index in [2.05, 4.69) is 17.1 Å². The second-order valence-electron chi connectivity index (χ2n) is 8.70. The quantitative estimate of drug-likeness (QED) is 0.387. The average Bonchev–Trinajstić information content (AvgIpc) is 3.39. The molecule has 3 atom stereocenters. The molecule has 3 rings (SSSR count). The van der Waals surface area contributed by atoms with Crippen LogP contribution in [0.1, 0.15) is 75.2 Å². The highest BCUT2D eigenvalue weighted by Gasteiger charge is 2.33. The molecule has 160 valence electrons. The van der Waals surface area contributed by atoms with Gasteiger partial charge in [-0.15, -0.1) is 11.3 Å². The molecule has 2 aliphatic carbocycles. The molecule has 0 spiro atoms. The van der Waals surface area contributed by atoms with Crippen LogP contribution in [0.15, 0.2) is 21.9 Å². The van der Waals surface area contributed by atoms with Crippen LogP contribution in [0.4, 0.5) is 0 Å². The van der Waals surface area contributed by atoms with Crippen LogP contribution in [0, 0.1) is 17.8 Å². The van der Waals surface area contributed by atoms with Gasteiger partial charge in [0, 0.05) is 23.5 Å². The fraction of sp³-hybridized carbons (Fsp3) is 0.682. The van der Waals surface area contributed by atoms with Gasteiger partial charge in [0.25, 0.3) is 0 Å². The van der Waals surface area contributed by atoms with Crippen molar-refractivity contribution >= 4 is 34.9 Å². The minimum absolute atomic E-state index is 0.0254. The van der Waals surface area contributed by atoms with Crippen LogP contribution in [-0.4, -0.2) is 38.3 Å². The number of thioether (sulfide) groups is 1. The van der Waals surface area contributed by atoms with Crippen LogP contribution in [0.3, 0.4) is 0 Å². The molecule has 5 nitrogen and oxygen atoms in total. The molecular weight excluding hydrogens is 406 g/mol. The number of hydrogen-bond donors (Lipinski definition) is 2. The predicted molar refractivity (Wildman–Crippen MR) is 117 cm³/mol. The maximum atomic E-state index is 12.3. The molecule has 7 heteroatoms. The van der Waals surface area contributed by atoms with Crippen molar-refractivity contribution in [1.29, 1.82) is 0 Å². The molecule has 1 heterocycles. The molecule has 0 amide bonds. The van der Waals surface area contributed by atoms with Crippen molar-refractivity contribution in [3.63, 3.8) is 0 Å². The van der Waals surface area contributed by atoms with Gasteiger partial charge in [0.1, 0.15) is 5.78 Å². The van der Waals surface area contributed by atoms with Crippen LogP contribution in [0.5, 0.6) is 0 Å². The fourth-order valence-corrected chi connectivity index (χ4v) is 6.54. The number of aliphatic hydroxyl groups is 1. The van der Waals surface area contributed by atoms with E-state index < -0.39 is 11.6 Å². The van der Waals surface area contributed by atoms with E-state index >= 15 is 0 Å². The van der Waals surface area contributed by atoms with Gasteiger partial charge < -0.3 is 10.2 Å². The summed E-state index contributed by atoms with van der Waals surface area (Å²) in [6, 6.07) is 0. The summed E-state index contributed by atoms with van der Waals surface area (Å²) in [7, 11) is 0. The molecule has 2 saturated carbocycles. The smallest absolute Gasteiger partial charge is 0.355 e. The van der Waals surface area contributed by atoms with E-state index in [1.807, 2.05) is 6.92 Å². The highest BCUT2D eigenvalue weighted by Crippen LogP contribution is 2.36. The first-order chi connectivity index (χ1) is 13.8. The second-order valence-corrected chi connectivity index (χ2v) is 10.9. The normalized spacial score (nSPS) is 25.1. The van der Waals surface area contributed by atoms with Gasteiger partial charge in [0.15, 0.2) is 10.0 Å². The number of aromatic carboxylic acids is 1. The van der Waals surface area contributed by atoms with Crippen molar-refractivity contribution in [2.45, 2.75) is 74.7 Å². The first kappa shape index (κ1) is 22.5. The van der Waals surface area contributed by atoms with E-state index in [1.165, 1.54) is 48.8 Å². The third kappa shape index (κ3) is 6.66. The van der Waals surface area contributed by atoms with Gasteiger partial charge >= 0.3 is 5.97 Å². The summed E-state index contributed by atoms with van der Waals surface area (Å²) in [6.45, 7) is 1.93. The number of rotatable bonds is 10. The lowest BCUT2D eigenvalue weighted by atomic mass is 9.87. The Morgan fingerprint density at radius 3 is 2.83 bits per heavy atom. The van der Waals surface area contributed by atoms with Gasteiger partial charge in [0.05, 0.1) is 5.60 Å². The number of ketones is 1. The average molecular weight is 438 g/mol. The highest BCUT2D eigenvalue weighted by atomic mass is 32.2. The maximum Gasteiger partial charge on any atom is 0.355 e. The number of carboxylic acid groups (broad SMARTS) is 1. The highest BCUT2D eigenvalue weighted by molar-refractivity contribution is 8.01. The number of allylic oxidation sites excluding steroid dienone is 1. The lowest BCUT2D eigenvalue weighted by molar-refractivity contribution is -0.121. The topological polar surface area (TPSA) is 87.5 Å². The van der Waals surface area contributed by atoms with Gasteiger partial charge in [-0.1, -0.05) is 49.6 Å². The van der Waals surface area contributed by atoms with E-state index in [-0.39, 0.29) is 17.5 Å². The zero-order chi connectivity index (χ0) is 20.9. The third-order valence-electron chi connectivity index (χ3n) is 6.16. The number of hydrogen-bond acceptors (Lipinski definition) is 6. The van der Waals surface area contributed by atoms with Crippen molar-refractivity contribution in [3.8, 4) is 0 Å². The Balaban J connectivity index is 1.46. The van der Waals surface area contributed by atoms with Gasteiger partial charge in [-0.2, -0.15) is 0 Å². The number of carbonyl (C=O) groups is 2. The standard InChI is InChI=1S/C22H31NO4S2/c1-22(27,13-15-5-2-3-6-15)11-4-7-16-8-9-19(24)17(16)10-12-28-21-23-18(14-29-21)20(25)26/h4,7,14-17,27H,2-3,5-6,8-13H2,1H3,(H,25,26)/b7-4+/t16-,17+,22-/m0/s1. The Hall–Kier alpha value is -1.18. The Kier molecular flexibility index (Phi) is 7.93. The predicted octanol–water partition coefficient (Wildman–Crippen LogP) is 5.20. The third-order valence-corrected chi connectivity index (χ3v) is 8.21. The molecular formula is C22H31NO4S2. The summed E-state index contributed by atoms with van der Waals surface area (Å²) in [4.78, 5) is 27.3. The Morgan fingerprint density at radius 2 is 2.14 bits per heavy atom. The molecule has 29 heavy (non-hydrogen) atoms. The zero-order valence-corrected chi connectivity index (χ0v) is 18.6. The molecule has 1 aromatic heterocycles. The summed E-state index contributed by atoms with van der Waals surface area (Å²) in [5, 5.41) is 21.2. The van der Waals surface area contributed by atoms with Crippen molar-refractivity contribution in [3.05, 3.63) is 23.2 Å². The lowest BCUT2D eigenvalue weighted by Gasteiger charge is -2.25. The van der Waals surface area contributed by atoms with Gasteiger partial charge in [-0.3, -0.25) is 4.79 Å². The van der Waals surface area contributed by atoms with Crippen LogP contribution in [0.2, 0.25) is 0 Å². The summed E-state index contributed by atoms with van der Waals surface area (Å²) in [6.07, 6.45) is 13.1. The zero-order valence-electron chi connectivity index (χ0n) is 17.0. The molecule has 2 N–H and O–H groups in total. The van der Waals surface area contributed by atoms with Crippen LogP contribution in [-0.2, 0) is 4.79 Å². The molecule has 1 aromatic rings. The SMILES string of the molecule is C[C@](O)(C/C=C/[C@H]1CCC(=O)[C@@H]1CCSc1nc(C(=O)O)cs1)CC1CCCC1. The van der Waals surface area contributed by atoms with E-state index in [1.54, 1.807) is 5.38 Å². The number of thiazole rings is 1. The van der Waals surface area contributed by atoms with Crippen LogP contribution >= 0.6 is 23.1 Å². The second kappa shape index (κ2) is 10.2. The molecule has 2 aliphatic rings. The van der Waals surface area contributed by atoms with Gasteiger partial charge in [-0.25, -0.2) is 9.78 Å². The summed E-state index contributed by atoms with van der Waals surface area (Å²) < 4.78 is 0.739. The molecule has 0 radical (unpaired) electrons. The number of Topliss-reactive ketones (excluding diaryl/α,β-unsaturated/α-hetero) is 1. The minimum atomic E-state index is -1.01. The molecule has 0 unspecified atom stereocenters. The van der Waals surface area contributed by atoms with E-state index in [0.717, 1.165) is 29.4 Å². The molecule has 2 fully saturated rings. The first-order valence-corrected chi connectivity index (χ1v) is 12.4. The van der Waals surface area contributed by atoms with Crippen molar-refractivity contribution in [2.75, 3.05) is 5.75 Å². The van der Waals surface area contributed by atoms with Crippen molar-refractivity contribution in [2.24, 2.45) is 17.8 Å². The summed E-state index contributed by atoms with van der Waals surface area (Å²) in [5.74, 6) is 1.00. The van der Waals surface area contributed by atoms with Gasteiger partial charge in [0.2, 0.25) is 0 Å². The van der Waals surface area contributed by atoms with Crippen LogP contribution in [0.25, 0.3) is 0 Å². The monoisotopic (exact) mass is 437 g/mol. The minimum Gasteiger partial charge on any atom is -0.476 e. The molecule has 0 bridgehead atoms. The van der Waals surface area contributed by atoms with E-state index in [0.29, 0.717) is 24.5 Å². The maximum absolute atomic E-state index is 12.3. The fourth-order valence-electron chi connectivity index (χ4n) is 4.65. The van der Waals surface area contributed by atoms with Crippen molar-refractivity contribution < 1.29 is 19.8 Å². The molecule has 0 aromatic carbocycles. The summed E-state index contributed by atoms with van der Waals surface area (Å²) >= 11 is 2.86. The Bertz CT molecular complexity index is 737. The summed E-state index contributed by atoms with van der Waals surface area (Å²) in [5.41, 5.74) is -0.577. The van der Waals surface area contributed by atoms with Gasteiger partial charge in [-0.05, 0) is 44.4 Å². The lowest BCUT2D eigenvalue weighted by Crippen LogP contribution is -2.26. The molecule has 0 saturated heterocycles. The van der Waals surface area contributed by atoms with Crippen LogP contribution < -0.4 is 0 Å². The number of carbonyl (C=O) groups excluding carboxylic acids is 1. The Labute approximate surface area is 181 Å². The van der Waals surface area contributed by atoms with E-state index in [9.17, 15) is 14.7 Å².